The molecular weight excluding hydrogens is 346 g/mol. The largest absolute Gasteiger partial charge is 0.389 e. The second-order valence-electron chi connectivity index (χ2n) is 7.07. The number of rotatable bonds is 5. The minimum atomic E-state index is -0.835. The van der Waals surface area contributed by atoms with Gasteiger partial charge in [0.05, 0.1) is 12.0 Å². The highest BCUT2D eigenvalue weighted by atomic mass is 32.2. The average molecular weight is 372 g/mol. The SMILES string of the molecule is Cc1cc(C)nc(Sc2ccc(NC(=O)CC3(O)CCCCC3)cc2)n1. The number of nitrogens with one attached hydrogen (secondary N) is 1. The van der Waals surface area contributed by atoms with Crippen molar-refractivity contribution in [3.8, 4) is 0 Å². The third-order valence-electron chi connectivity index (χ3n) is 4.58. The Hall–Kier alpha value is -1.92. The highest BCUT2D eigenvalue weighted by molar-refractivity contribution is 7.99. The van der Waals surface area contributed by atoms with Crippen LogP contribution in [-0.4, -0.2) is 26.6 Å². The fraction of sp³-hybridized carbons (Fsp3) is 0.450. The van der Waals surface area contributed by atoms with Crippen LogP contribution in [0, 0.1) is 13.8 Å². The highest BCUT2D eigenvalue weighted by Gasteiger charge is 2.31. The molecule has 1 saturated carbocycles. The van der Waals surface area contributed by atoms with Crippen LogP contribution in [0.5, 0.6) is 0 Å². The van der Waals surface area contributed by atoms with Crippen molar-refractivity contribution in [1.82, 2.24) is 9.97 Å². The summed E-state index contributed by atoms with van der Waals surface area (Å²) in [5, 5.41) is 14.1. The van der Waals surface area contributed by atoms with E-state index in [0.29, 0.717) is 12.8 Å². The van der Waals surface area contributed by atoms with Crippen molar-refractivity contribution in [3.05, 3.63) is 41.7 Å². The first-order valence-corrected chi connectivity index (χ1v) is 9.86. The first-order chi connectivity index (χ1) is 12.4. The van der Waals surface area contributed by atoms with E-state index in [4.69, 9.17) is 0 Å². The van der Waals surface area contributed by atoms with Gasteiger partial charge in [-0.15, -0.1) is 0 Å². The Morgan fingerprint density at radius 1 is 1.12 bits per heavy atom. The fourth-order valence-corrected chi connectivity index (χ4v) is 4.20. The molecule has 1 aliphatic rings. The normalized spacial score (nSPS) is 16.3. The molecule has 1 fully saturated rings. The zero-order valence-corrected chi connectivity index (χ0v) is 16.1. The molecule has 2 aromatic rings. The first-order valence-electron chi connectivity index (χ1n) is 9.04. The molecule has 0 saturated heterocycles. The van der Waals surface area contributed by atoms with Gasteiger partial charge < -0.3 is 10.4 Å². The second-order valence-corrected chi connectivity index (χ2v) is 8.11. The summed E-state index contributed by atoms with van der Waals surface area (Å²) < 4.78 is 0. The molecule has 26 heavy (non-hydrogen) atoms. The first kappa shape index (κ1) is 18.9. The number of aryl methyl sites for hydroxylation is 2. The van der Waals surface area contributed by atoms with Crippen LogP contribution in [0.2, 0.25) is 0 Å². The van der Waals surface area contributed by atoms with E-state index in [1.165, 1.54) is 11.8 Å². The number of amides is 1. The van der Waals surface area contributed by atoms with Crippen LogP contribution in [0.3, 0.4) is 0 Å². The minimum absolute atomic E-state index is 0.132. The van der Waals surface area contributed by atoms with Gasteiger partial charge in [0, 0.05) is 22.0 Å². The molecule has 1 heterocycles. The molecule has 1 aromatic heterocycles. The summed E-state index contributed by atoms with van der Waals surface area (Å²) in [6, 6.07) is 9.57. The van der Waals surface area contributed by atoms with Crippen molar-refractivity contribution in [2.45, 2.75) is 68.0 Å². The molecule has 1 aromatic carbocycles. The van der Waals surface area contributed by atoms with E-state index in [-0.39, 0.29) is 12.3 Å². The molecule has 1 amide bonds. The van der Waals surface area contributed by atoms with Crippen molar-refractivity contribution in [3.63, 3.8) is 0 Å². The van der Waals surface area contributed by atoms with Gasteiger partial charge in [0.15, 0.2) is 5.16 Å². The maximum absolute atomic E-state index is 12.2. The van der Waals surface area contributed by atoms with Gasteiger partial charge in [-0.25, -0.2) is 9.97 Å². The van der Waals surface area contributed by atoms with Crippen LogP contribution in [0.25, 0.3) is 0 Å². The summed E-state index contributed by atoms with van der Waals surface area (Å²) in [6.45, 7) is 3.91. The van der Waals surface area contributed by atoms with E-state index < -0.39 is 5.60 Å². The molecule has 2 N–H and O–H groups in total. The van der Waals surface area contributed by atoms with Gasteiger partial charge in [-0.2, -0.15) is 0 Å². The number of carbonyl (C=O) groups is 1. The monoisotopic (exact) mass is 371 g/mol. The van der Waals surface area contributed by atoms with Crippen LogP contribution >= 0.6 is 11.8 Å². The molecule has 0 bridgehead atoms. The number of benzene rings is 1. The van der Waals surface area contributed by atoms with Gasteiger partial charge in [-0.05, 0) is 68.8 Å². The lowest BCUT2D eigenvalue weighted by Gasteiger charge is -2.31. The summed E-state index contributed by atoms with van der Waals surface area (Å²) in [6.07, 6.45) is 4.73. The van der Waals surface area contributed by atoms with Gasteiger partial charge in [-0.1, -0.05) is 19.3 Å². The van der Waals surface area contributed by atoms with Crippen LogP contribution in [-0.2, 0) is 4.79 Å². The smallest absolute Gasteiger partial charge is 0.227 e. The molecule has 6 heteroatoms. The molecule has 0 radical (unpaired) electrons. The number of hydrogen-bond acceptors (Lipinski definition) is 5. The van der Waals surface area contributed by atoms with E-state index in [1.807, 2.05) is 44.2 Å². The summed E-state index contributed by atoms with van der Waals surface area (Å²) in [7, 11) is 0. The van der Waals surface area contributed by atoms with Gasteiger partial charge in [0.1, 0.15) is 0 Å². The van der Waals surface area contributed by atoms with E-state index in [0.717, 1.165) is 46.4 Å². The van der Waals surface area contributed by atoms with E-state index in [1.54, 1.807) is 0 Å². The molecule has 0 aliphatic heterocycles. The Bertz CT molecular complexity index is 751. The maximum atomic E-state index is 12.2. The van der Waals surface area contributed by atoms with Crippen LogP contribution in [0.15, 0.2) is 40.4 Å². The summed E-state index contributed by atoms with van der Waals surface area (Å²) in [4.78, 5) is 22.1. The summed E-state index contributed by atoms with van der Waals surface area (Å²) in [5.41, 5.74) is 1.80. The number of aromatic nitrogens is 2. The van der Waals surface area contributed by atoms with Crippen molar-refractivity contribution in [1.29, 1.82) is 0 Å². The van der Waals surface area contributed by atoms with Crippen molar-refractivity contribution in [2.24, 2.45) is 0 Å². The fourth-order valence-electron chi connectivity index (χ4n) is 3.34. The molecule has 0 atom stereocenters. The summed E-state index contributed by atoms with van der Waals surface area (Å²) in [5.74, 6) is -0.132. The zero-order chi connectivity index (χ0) is 18.6. The number of aliphatic hydroxyl groups is 1. The van der Waals surface area contributed by atoms with Crippen molar-refractivity contribution < 1.29 is 9.90 Å². The predicted octanol–water partition coefficient (Wildman–Crippen LogP) is 4.27. The Kier molecular flexibility index (Phi) is 5.94. The third kappa shape index (κ3) is 5.29. The maximum Gasteiger partial charge on any atom is 0.227 e. The minimum Gasteiger partial charge on any atom is -0.389 e. The van der Waals surface area contributed by atoms with E-state index >= 15 is 0 Å². The standard InChI is InChI=1S/C20H25N3O2S/c1-14-12-15(2)22-19(21-14)26-17-8-6-16(7-9-17)23-18(24)13-20(25)10-4-3-5-11-20/h6-9,12,25H,3-5,10-11,13H2,1-2H3,(H,23,24). The molecule has 0 spiro atoms. The average Bonchev–Trinajstić information content (AvgIpc) is 2.56. The molecule has 3 rings (SSSR count). The number of anilines is 1. The topological polar surface area (TPSA) is 75.1 Å². The van der Waals surface area contributed by atoms with Gasteiger partial charge >= 0.3 is 0 Å². The lowest BCUT2D eigenvalue weighted by molar-refractivity contribution is -0.122. The Morgan fingerprint density at radius 2 is 1.73 bits per heavy atom. The van der Waals surface area contributed by atoms with Gasteiger partial charge in [0.2, 0.25) is 5.91 Å². The Labute approximate surface area is 158 Å². The quantitative estimate of drug-likeness (QED) is 0.768. The summed E-state index contributed by atoms with van der Waals surface area (Å²) >= 11 is 1.50. The van der Waals surface area contributed by atoms with Crippen LogP contribution in [0.4, 0.5) is 5.69 Å². The van der Waals surface area contributed by atoms with Crippen molar-refractivity contribution in [2.75, 3.05) is 5.32 Å². The number of nitrogens with zero attached hydrogens (tertiary/aromatic N) is 2. The van der Waals surface area contributed by atoms with Gasteiger partial charge in [0.25, 0.3) is 0 Å². The van der Waals surface area contributed by atoms with E-state index in [9.17, 15) is 9.90 Å². The molecule has 0 unspecified atom stereocenters. The van der Waals surface area contributed by atoms with Crippen molar-refractivity contribution >= 4 is 23.4 Å². The Morgan fingerprint density at radius 3 is 2.35 bits per heavy atom. The Balaban J connectivity index is 1.58. The van der Waals surface area contributed by atoms with E-state index in [2.05, 4.69) is 15.3 Å². The molecule has 1 aliphatic carbocycles. The lowest BCUT2D eigenvalue weighted by Crippen LogP contribution is -2.35. The molecular formula is C20H25N3O2S. The molecule has 138 valence electrons. The molecule has 5 nitrogen and oxygen atoms in total. The number of hydrogen-bond donors (Lipinski definition) is 2. The van der Waals surface area contributed by atoms with Crippen LogP contribution < -0.4 is 5.32 Å². The van der Waals surface area contributed by atoms with Crippen LogP contribution in [0.1, 0.15) is 49.9 Å². The third-order valence-corrected chi connectivity index (χ3v) is 5.46. The highest BCUT2D eigenvalue weighted by Crippen LogP contribution is 2.31. The number of carbonyl (C=O) groups excluding carboxylic acids is 1. The predicted molar refractivity (Wildman–Crippen MR) is 103 cm³/mol. The lowest BCUT2D eigenvalue weighted by atomic mass is 9.82. The van der Waals surface area contributed by atoms with Gasteiger partial charge in [-0.3, -0.25) is 4.79 Å². The zero-order valence-electron chi connectivity index (χ0n) is 15.3. The second kappa shape index (κ2) is 8.18.